The molecule has 1 aliphatic heterocycles. The van der Waals surface area contributed by atoms with E-state index in [1.165, 1.54) is 0 Å². The highest BCUT2D eigenvalue weighted by Crippen LogP contribution is 2.31. The largest absolute Gasteiger partial charge is 0.443 e. The van der Waals surface area contributed by atoms with Crippen LogP contribution in [0.5, 0.6) is 0 Å². The van der Waals surface area contributed by atoms with Crippen molar-refractivity contribution < 1.29 is 9.53 Å². The van der Waals surface area contributed by atoms with Gasteiger partial charge in [-0.2, -0.15) is 5.10 Å². The maximum absolute atomic E-state index is 12.6. The molecule has 1 unspecified atom stereocenters. The number of hydrogen-bond donors (Lipinski definition) is 2. The Morgan fingerprint density at radius 2 is 2.17 bits per heavy atom. The summed E-state index contributed by atoms with van der Waals surface area (Å²) in [4.78, 5) is 14.4. The minimum absolute atomic E-state index is 0.319. The fourth-order valence-electron chi connectivity index (χ4n) is 2.86. The monoisotopic (exact) mass is 328 g/mol. The number of amides is 1. The number of nitrogens with one attached hydrogen (secondary N) is 1. The van der Waals surface area contributed by atoms with Crippen LogP contribution in [0.2, 0.25) is 0 Å². The van der Waals surface area contributed by atoms with Crippen LogP contribution >= 0.6 is 0 Å². The van der Waals surface area contributed by atoms with Crippen molar-refractivity contribution in [2.75, 3.05) is 12.3 Å². The van der Waals surface area contributed by atoms with Crippen molar-refractivity contribution in [3.8, 4) is 0 Å². The van der Waals surface area contributed by atoms with Gasteiger partial charge >= 0.3 is 6.09 Å². The summed E-state index contributed by atoms with van der Waals surface area (Å²) in [6, 6.07) is 5.87. The van der Waals surface area contributed by atoms with E-state index in [-0.39, 0.29) is 6.09 Å². The zero-order valence-corrected chi connectivity index (χ0v) is 14.6. The molecule has 1 aliphatic rings. The number of rotatable bonds is 1. The van der Waals surface area contributed by atoms with Gasteiger partial charge in [0.15, 0.2) is 5.82 Å². The second-order valence-corrected chi connectivity index (χ2v) is 7.39. The number of aromatic nitrogens is 2. The summed E-state index contributed by atoms with van der Waals surface area (Å²) in [5.41, 5.74) is 8.06. The summed E-state index contributed by atoms with van der Waals surface area (Å²) in [5.74, 6) is 0.851. The fraction of sp³-hybridized carbons (Fsp3) is 0.444. The van der Waals surface area contributed by atoms with Crippen molar-refractivity contribution >= 4 is 28.5 Å². The minimum Gasteiger partial charge on any atom is -0.443 e. The van der Waals surface area contributed by atoms with Gasteiger partial charge in [-0.1, -0.05) is 19.1 Å². The molecule has 1 aromatic carbocycles. The number of carbonyl (C=O) groups excluding carboxylic acids is 1. The molecule has 6 nitrogen and oxygen atoms in total. The lowest BCUT2D eigenvalue weighted by molar-refractivity contribution is 0.0327. The maximum Gasteiger partial charge on any atom is 0.414 e. The van der Waals surface area contributed by atoms with Gasteiger partial charge in [0.2, 0.25) is 0 Å². The summed E-state index contributed by atoms with van der Waals surface area (Å²) in [6.45, 7) is 8.39. The lowest BCUT2D eigenvalue weighted by Gasteiger charge is -2.34. The minimum atomic E-state index is -0.526. The molecule has 1 atom stereocenters. The summed E-state index contributed by atoms with van der Waals surface area (Å²) >= 11 is 0. The number of hydrogen-bond acceptors (Lipinski definition) is 4. The zero-order valence-electron chi connectivity index (χ0n) is 14.6. The van der Waals surface area contributed by atoms with Crippen LogP contribution in [0.3, 0.4) is 0 Å². The number of nitrogen functional groups attached to an aromatic ring is 1. The van der Waals surface area contributed by atoms with Crippen molar-refractivity contribution in [3.63, 3.8) is 0 Å². The Bertz CT molecular complexity index is 801. The number of H-pyrrole nitrogens is 1. The van der Waals surface area contributed by atoms with E-state index in [0.29, 0.717) is 18.3 Å². The van der Waals surface area contributed by atoms with E-state index in [2.05, 4.69) is 23.2 Å². The number of aromatic amines is 1. The molecule has 0 aliphatic carbocycles. The molecule has 24 heavy (non-hydrogen) atoms. The van der Waals surface area contributed by atoms with Crippen LogP contribution in [-0.2, 0) is 4.74 Å². The number of allylic oxidation sites excluding steroid dienone is 1. The van der Waals surface area contributed by atoms with Crippen molar-refractivity contribution in [2.45, 2.75) is 39.7 Å². The Labute approximate surface area is 141 Å². The fourth-order valence-corrected chi connectivity index (χ4v) is 2.86. The quantitative estimate of drug-likeness (QED) is 0.834. The molecule has 0 saturated carbocycles. The Hall–Kier alpha value is -2.50. The van der Waals surface area contributed by atoms with E-state index in [1.54, 1.807) is 4.90 Å². The highest BCUT2D eigenvalue weighted by atomic mass is 16.6. The van der Waals surface area contributed by atoms with Gasteiger partial charge in [-0.3, -0.25) is 10.00 Å². The lowest BCUT2D eigenvalue weighted by Crippen LogP contribution is -2.39. The second kappa shape index (κ2) is 5.85. The second-order valence-electron chi connectivity index (χ2n) is 7.39. The maximum atomic E-state index is 12.6. The summed E-state index contributed by atoms with van der Waals surface area (Å²) in [6.07, 6.45) is 2.70. The van der Waals surface area contributed by atoms with Crippen LogP contribution in [0.15, 0.2) is 24.3 Å². The Morgan fingerprint density at radius 3 is 2.88 bits per heavy atom. The highest BCUT2D eigenvalue weighted by molar-refractivity contribution is 5.92. The average molecular weight is 328 g/mol. The van der Waals surface area contributed by atoms with Crippen molar-refractivity contribution in [1.29, 1.82) is 0 Å². The number of nitrogens with zero attached hydrogens (tertiary/aromatic N) is 2. The first-order valence-corrected chi connectivity index (χ1v) is 8.19. The van der Waals surface area contributed by atoms with E-state index in [0.717, 1.165) is 28.6 Å². The molecule has 6 heteroatoms. The lowest BCUT2D eigenvalue weighted by atomic mass is 9.98. The smallest absolute Gasteiger partial charge is 0.414 e. The molecule has 0 saturated heterocycles. The first kappa shape index (κ1) is 16.4. The van der Waals surface area contributed by atoms with Gasteiger partial charge in [0, 0.05) is 11.9 Å². The number of fused-ring (bicyclic) bond motifs is 1. The molecular weight excluding hydrogens is 304 g/mol. The Kier molecular flexibility index (Phi) is 3.99. The third-order valence-corrected chi connectivity index (χ3v) is 4.00. The molecule has 0 radical (unpaired) electrons. The van der Waals surface area contributed by atoms with Gasteiger partial charge in [-0.15, -0.1) is 0 Å². The SMILES string of the molecule is CC1CC=C(c2ccc3[nH]nc(N)c3c2)N(C(=O)OC(C)(C)C)C1. The molecule has 0 bridgehead atoms. The van der Waals surface area contributed by atoms with Gasteiger partial charge in [-0.05, 0) is 50.8 Å². The van der Waals surface area contributed by atoms with Crippen molar-refractivity contribution in [2.24, 2.45) is 5.92 Å². The molecule has 3 rings (SSSR count). The molecular formula is C18H24N4O2. The van der Waals surface area contributed by atoms with Crippen LogP contribution in [0, 0.1) is 5.92 Å². The molecule has 3 N–H and O–H groups in total. The first-order chi connectivity index (χ1) is 11.2. The van der Waals surface area contributed by atoms with Crippen LogP contribution in [-0.4, -0.2) is 33.3 Å². The normalized spacial score (nSPS) is 18.6. The summed E-state index contributed by atoms with van der Waals surface area (Å²) in [5, 5.41) is 7.77. The molecule has 0 fully saturated rings. The van der Waals surface area contributed by atoms with E-state index in [4.69, 9.17) is 10.5 Å². The standard InChI is InChI=1S/C18H24N4O2/c1-11-5-8-15(22(10-11)17(23)24-18(2,3)4)12-6-7-14-13(9-12)16(19)21-20-14/h6-9,11H,5,10H2,1-4H3,(H3,19,20,21). The van der Waals surface area contributed by atoms with Crippen molar-refractivity contribution in [3.05, 3.63) is 29.8 Å². The molecule has 128 valence electrons. The van der Waals surface area contributed by atoms with E-state index in [1.807, 2.05) is 39.0 Å². The number of carbonyl (C=O) groups is 1. The van der Waals surface area contributed by atoms with Gasteiger partial charge < -0.3 is 10.5 Å². The summed E-state index contributed by atoms with van der Waals surface area (Å²) < 4.78 is 5.58. The molecule has 1 amide bonds. The topological polar surface area (TPSA) is 84.2 Å². The summed E-state index contributed by atoms with van der Waals surface area (Å²) in [7, 11) is 0. The molecule has 2 heterocycles. The predicted octanol–water partition coefficient (Wildman–Crippen LogP) is 3.76. The van der Waals surface area contributed by atoms with Gasteiger partial charge in [0.1, 0.15) is 5.60 Å². The van der Waals surface area contributed by atoms with Crippen LogP contribution < -0.4 is 5.73 Å². The third-order valence-electron chi connectivity index (χ3n) is 4.00. The third kappa shape index (κ3) is 3.22. The van der Waals surface area contributed by atoms with E-state index in [9.17, 15) is 4.79 Å². The van der Waals surface area contributed by atoms with Crippen LogP contribution in [0.1, 0.15) is 39.7 Å². The van der Waals surface area contributed by atoms with Crippen LogP contribution in [0.4, 0.5) is 10.6 Å². The molecule has 2 aromatic rings. The Morgan fingerprint density at radius 1 is 1.42 bits per heavy atom. The van der Waals surface area contributed by atoms with Crippen molar-refractivity contribution in [1.82, 2.24) is 15.1 Å². The van der Waals surface area contributed by atoms with E-state index < -0.39 is 5.60 Å². The number of ether oxygens (including phenoxy) is 1. The molecule has 0 spiro atoms. The zero-order chi connectivity index (χ0) is 17.5. The molecule has 1 aromatic heterocycles. The first-order valence-electron chi connectivity index (χ1n) is 8.19. The number of anilines is 1. The number of nitrogens with two attached hydrogens (primary N) is 1. The Balaban J connectivity index is 1.98. The van der Waals surface area contributed by atoms with Gasteiger partial charge in [-0.25, -0.2) is 4.79 Å². The van der Waals surface area contributed by atoms with Gasteiger partial charge in [0.25, 0.3) is 0 Å². The van der Waals surface area contributed by atoms with E-state index >= 15 is 0 Å². The average Bonchev–Trinajstić information content (AvgIpc) is 2.86. The predicted molar refractivity (Wildman–Crippen MR) is 95.2 cm³/mol. The highest BCUT2D eigenvalue weighted by Gasteiger charge is 2.29. The van der Waals surface area contributed by atoms with Gasteiger partial charge in [0.05, 0.1) is 11.2 Å². The number of benzene rings is 1. The van der Waals surface area contributed by atoms with Crippen LogP contribution in [0.25, 0.3) is 16.6 Å².